The van der Waals surface area contributed by atoms with Crippen molar-refractivity contribution in [2.75, 3.05) is 0 Å². The van der Waals surface area contributed by atoms with Crippen LogP contribution in [0.25, 0.3) is 33.1 Å². The van der Waals surface area contributed by atoms with Crippen molar-refractivity contribution in [3.8, 4) is 11.3 Å². The summed E-state index contributed by atoms with van der Waals surface area (Å²) in [6.07, 6.45) is 3.27. The molecule has 0 spiro atoms. The fourth-order valence-electron chi connectivity index (χ4n) is 4.09. The molecule has 0 bridgehead atoms. The van der Waals surface area contributed by atoms with Crippen LogP contribution >= 0.6 is 0 Å². The standard InChI is InChI=1S/C20H18N2/c1-12-6-7-15-13(2)20-16-4-3-5-17-19(16)14(11-21-17)8-9-22(20)18(15)10-12/h3-7,10-11,21H,8-9H2,1-2H3. The molecule has 4 aromatic rings. The monoisotopic (exact) mass is 286 g/mol. The first-order chi connectivity index (χ1) is 10.7. The van der Waals surface area contributed by atoms with Gasteiger partial charge in [-0.15, -0.1) is 0 Å². The van der Waals surface area contributed by atoms with Crippen molar-refractivity contribution in [2.24, 2.45) is 0 Å². The van der Waals surface area contributed by atoms with Gasteiger partial charge in [0.25, 0.3) is 0 Å². The van der Waals surface area contributed by atoms with Gasteiger partial charge in [0.2, 0.25) is 0 Å². The van der Waals surface area contributed by atoms with Gasteiger partial charge in [0.1, 0.15) is 0 Å². The second kappa shape index (κ2) is 4.04. The minimum atomic E-state index is 1.05. The lowest BCUT2D eigenvalue weighted by Crippen LogP contribution is -2.00. The number of fused-ring (bicyclic) bond motifs is 4. The Balaban J connectivity index is 1.99. The van der Waals surface area contributed by atoms with Gasteiger partial charge in [-0.05, 0) is 49.1 Å². The first kappa shape index (κ1) is 12.1. The average molecular weight is 286 g/mol. The van der Waals surface area contributed by atoms with Gasteiger partial charge >= 0.3 is 0 Å². The summed E-state index contributed by atoms with van der Waals surface area (Å²) in [4.78, 5) is 3.43. The highest BCUT2D eigenvalue weighted by Gasteiger charge is 2.22. The maximum absolute atomic E-state index is 3.43. The van der Waals surface area contributed by atoms with Crippen LogP contribution in [0.2, 0.25) is 0 Å². The summed E-state index contributed by atoms with van der Waals surface area (Å²) in [6.45, 7) is 5.49. The van der Waals surface area contributed by atoms with E-state index in [1.54, 1.807) is 0 Å². The summed E-state index contributed by atoms with van der Waals surface area (Å²) in [6, 6.07) is 13.4. The zero-order valence-corrected chi connectivity index (χ0v) is 12.9. The Morgan fingerprint density at radius 3 is 2.91 bits per heavy atom. The Kier molecular flexibility index (Phi) is 2.22. The molecule has 0 fully saturated rings. The summed E-state index contributed by atoms with van der Waals surface area (Å²) in [5, 5.41) is 2.79. The normalized spacial score (nSPS) is 13.5. The minimum Gasteiger partial charge on any atom is -0.361 e. The zero-order chi connectivity index (χ0) is 14.8. The van der Waals surface area contributed by atoms with Gasteiger partial charge in [-0.3, -0.25) is 0 Å². The summed E-state index contributed by atoms with van der Waals surface area (Å²) in [7, 11) is 0. The number of H-pyrrole nitrogens is 1. The summed E-state index contributed by atoms with van der Waals surface area (Å²) in [5.74, 6) is 0. The number of aromatic nitrogens is 2. The van der Waals surface area contributed by atoms with E-state index < -0.39 is 0 Å². The van der Waals surface area contributed by atoms with Gasteiger partial charge in [0.15, 0.2) is 0 Å². The van der Waals surface area contributed by atoms with Crippen molar-refractivity contribution < 1.29 is 0 Å². The lowest BCUT2D eigenvalue weighted by molar-refractivity contribution is 0.736. The third-order valence-electron chi connectivity index (χ3n) is 5.12. The Hall–Kier alpha value is -2.48. The smallest absolute Gasteiger partial charge is 0.0528 e. The molecule has 0 saturated carbocycles. The van der Waals surface area contributed by atoms with Crippen LogP contribution in [-0.4, -0.2) is 9.55 Å². The van der Waals surface area contributed by atoms with E-state index in [-0.39, 0.29) is 0 Å². The molecule has 22 heavy (non-hydrogen) atoms. The van der Waals surface area contributed by atoms with Crippen LogP contribution in [0, 0.1) is 13.8 Å². The largest absolute Gasteiger partial charge is 0.361 e. The summed E-state index contributed by atoms with van der Waals surface area (Å²) in [5.41, 5.74) is 9.56. The summed E-state index contributed by atoms with van der Waals surface area (Å²) >= 11 is 0. The van der Waals surface area contributed by atoms with E-state index >= 15 is 0 Å². The van der Waals surface area contributed by atoms with Crippen molar-refractivity contribution in [2.45, 2.75) is 26.8 Å². The number of benzene rings is 2. The number of aromatic amines is 1. The molecular formula is C20H18N2. The molecule has 0 atom stereocenters. The third kappa shape index (κ3) is 1.40. The Morgan fingerprint density at radius 2 is 2.00 bits per heavy atom. The highest BCUT2D eigenvalue weighted by Crippen LogP contribution is 2.40. The average Bonchev–Trinajstić information content (AvgIpc) is 2.98. The molecule has 2 aromatic heterocycles. The SMILES string of the molecule is Cc1ccc2c(C)c3n(c2c1)CCc1c[nH]c2cccc-3c12. The quantitative estimate of drug-likeness (QED) is 0.471. The molecule has 2 heteroatoms. The highest BCUT2D eigenvalue weighted by atomic mass is 15.0. The van der Waals surface area contributed by atoms with Crippen LogP contribution in [0.4, 0.5) is 0 Å². The summed E-state index contributed by atoms with van der Waals surface area (Å²) < 4.78 is 2.52. The predicted octanol–water partition coefficient (Wildman–Crippen LogP) is 4.96. The highest BCUT2D eigenvalue weighted by molar-refractivity contribution is 6.02. The molecular weight excluding hydrogens is 268 g/mol. The number of hydrogen-bond donors (Lipinski definition) is 1. The van der Waals surface area contributed by atoms with Gasteiger partial charge in [0, 0.05) is 40.1 Å². The molecule has 2 aromatic carbocycles. The number of aryl methyl sites for hydroxylation is 4. The third-order valence-corrected chi connectivity index (χ3v) is 5.12. The molecule has 2 nitrogen and oxygen atoms in total. The minimum absolute atomic E-state index is 1.05. The van der Waals surface area contributed by atoms with E-state index in [0.717, 1.165) is 13.0 Å². The molecule has 0 amide bonds. The maximum atomic E-state index is 3.43. The first-order valence-corrected chi connectivity index (χ1v) is 7.93. The van der Waals surface area contributed by atoms with Crippen LogP contribution in [0.3, 0.4) is 0 Å². The molecule has 3 heterocycles. The fraction of sp³-hybridized carbons (Fsp3) is 0.200. The van der Waals surface area contributed by atoms with Crippen LogP contribution in [0.5, 0.6) is 0 Å². The second-order valence-electron chi connectivity index (χ2n) is 6.44. The van der Waals surface area contributed by atoms with E-state index in [0.29, 0.717) is 0 Å². The van der Waals surface area contributed by atoms with E-state index in [9.17, 15) is 0 Å². The van der Waals surface area contributed by atoms with E-state index in [4.69, 9.17) is 0 Å². The zero-order valence-electron chi connectivity index (χ0n) is 12.9. The van der Waals surface area contributed by atoms with Crippen molar-refractivity contribution >= 4 is 21.8 Å². The van der Waals surface area contributed by atoms with Crippen LogP contribution in [-0.2, 0) is 13.0 Å². The molecule has 1 N–H and O–H groups in total. The van der Waals surface area contributed by atoms with E-state index in [2.05, 4.69) is 66.0 Å². The van der Waals surface area contributed by atoms with Crippen molar-refractivity contribution in [1.82, 2.24) is 9.55 Å². The van der Waals surface area contributed by atoms with Gasteiger partial charge in [0.05, 0.1) is 5.69 Å². The lowest BCUT2D eigenvalue weighted by Gasteiger charge is -2.09. The molecule has 108 valence electrons. The Labute approximate surface area is 129 Å². The number of rotatable bonds is 0. The van der Waals surface area contributed by atoms with Crippen LogP contribution in [0.1, 0.15) is 16.7 Å². The predicted molar refractivity (Wildman–Crippen MR) is 92.4 cm³/mol. The van der Waals surface area contributed by atoms with Crippen LogP contribution in [0.15, 0.2) is 42.6 Å². The fourth-order valence-corrected chi connectivity index (χ4v) is 4.09. The molecule has 0 radical (unpaired) electrons. The van der Waals surface area contributed by atoms with Gasteiger partial charge in [-0.25, -0.2) is 0 Å². The van der Waals surface area contributed by atoms with E-state index in [1.165, 1.54) is 49.8 Å². The number of hydrogen-bond acceptors (Lipinski definition) is 0. The van der Waals surface area contributed by atoms with Crippen molar-refractivity contribution in [1.29, 1.82) is 0 Å². The van der Waals surface area contributed by atoms with Crippen LogP contribution < -0.4 is 0 Å². The van der Waals surface area contributed by atoms with Crippen molar-refractivity contribution in [3.63, 3.8) is 0 Å². The number of nitrogens with zero attached hydrogens (tertiary/aromatic N) is 1. The molecule has 0 saturated heterocycles. The molecule has 1 aliphatic rings. The first-order valence-electron chi connectivity index (χ1n) is 7.93. The lowest BCUT2D eigenvalue weighted by atomic mass is 10.0. The topological polar surface area (TPSA) is 20.7 Å². The van der Waals surface area contributed by atoms with Gasteiger partial charge in [-0.2, -0.15) is 0 Å². The van der Waals surface area contributed by atoms with Crippen molar-refractivity contribution in [3.05, 3.63) is 59.3 Å². The molecule has 1 aliphatic heterocycles. The maximum Gasteiger partial charge on any atom is 0.0528 e. The molecule has 0 aliphatic carbocycles. The Morgan fingerprint density at radius 1 is 1.09 bits per heavy atom. The van der Waals surface area contributed by atoms with E-state index in [1.807, 2.05) is 0 Å². The second-order valence-corrected chi connectivity index (χ2v) is 6.44. The molecule has 0 unspecified atom stereocenters. The number of nitrogens with one attached hydrogen (secondary N) is 1. The van der Waals surface area contributed by atoms with Gasteiger partial charge in [-0.1, -0.05) is 24.3 Å². The Bertz CT molecular complexity index is 1050. The van der Waals surface area contributed by atoms with Gasteiger partial charge < -0.3 is 9.55 Å². The molecule has 5 rings (SSSR count).